The molecule has 0 aromatic carbocycles. The molecule has 0 unspecified atom stereocenters. The van der Waals surface area contributed by atoms with Crippen LogP contribution in [0.1, 0.15) is 56.8 Å². The minimum absolute atomic E-state index is 0.0126. The number of nitrogens with zero attached hydrogens (tertiary/aromatic N) is 4. The fraction of sp³-hybridized carbons (Fsp3) is 0.727. The molecule has 3 aliphatic heterocycles. The second-order valence-electron chi connectivity index (χ2n) is 9.08. The van der Waals surface area contributed by atoms with Crippen molar-refractivity contribution in [3.63, 3.8) is 0 Å². The van der Waals surface area contributed by atoms with Gasteiger partial charge in [-0.05, 0) is 57.4 Å². The Morgan fingerprint density at radius 2 is 1.97 bits per heavy atom. The molecule has 2 bridgehead atoms. The number of aromatic nitrogens is 2. The number of amides is 2. The molecule has 7 nitrogen and oxygen atoms in total. The van der Waals surface area contributed by atoms with Crippen molar-refractivity contribution in [2.24, 2.45) is 11.8 Å². The van der Waals surface area contributed by atoms with Gasteiger partial charge in [-0.3, -0.25) is 14.2 Å². The monoisotopic (exact) mass is 400 g/mol. The number of hydrogen-bond acceptors (Lipinski definition) is 4. The van der Waals surface area contributed by atoms with Gasteiger partial charge in [0.05, 0.1) is 0 Å². The highest BCUT2D eigenvalue weighted by Crippen LogP contribution is 2.42. The standard InChI is InChI=1S/C22H32N4O3/c1-4-6-18-16-10-17(19-7-5-8-20(27)26(18)19)12-24(11-16)21(28)13-25-15(3)9-14(2)23-22(25)29/h9,16-19H,4-8,10-13H2,1-3H3/t16-,17+,18-,19-/m0/s1. The molecule has 3 aliphatic rings. The van der Waals surface area contributed by atoms with Crippen LogP contribution < -0.4 is 5.69 Å². The lowest BCUT2D eigenvalue weighted by molar-refractivity contribution is -0.156. The number of carbonyl (C=O) groups is 2. The van der Waals surface area contributed by atoms with Crippen LogP contribution in [0.25, 0.3) is 0 Å². The van der Waals surface area contributed by atoms with Crippen molar-refractivity contribution in [3.8, 4) is 0 Å². The second kappa shape index (κ2) is 7.92. The summed E-state index contributed by atoms with van der Waals surface area (Å²) >= 11 is 0. The van der Waals surface area contributed by atoms with Gasteiger partial charge in [0.15, 0.2) is 0 Å². The summed E-state index contributed by atoms with van der Waals surface area (Å²) in [6, 6.07) is 2.35. The minimum Gasteiger partial charge on any atom is -0.340 e. The lowest BCUT2D eigenvalue weighted by atomic mass is 9.71. The van der Waals surface area contributed by atoms with Crippen LogP contribution in [0.2, 0.25) is 0 Å². The third kappa shape index (κ3) is 3.71. The van der Waals surface area contributed by atoms with E-state index in [9.17, 15) is 14.4 Å². The second-order valence-corrected chi connectivity index (χ2v) is 9.08. The number of likely N-dealkylation sites (tertiary alicyclic amines) is 1. The zero-order chi connectivity index (χ0) is 20.7. The molecule has 29 heavy (non-hydrogen) atoms. The van der Waals surface area contributed by atoms with E-state index < -0.39 is 0 Å². The van der Waals surface area contributed by atoms with Gasteiger partial charge < -0.3 is 9.80 Å². The summed E-state index contributed by atoms with van der Waals surface area (Å²) in [4.78, 5) is 46.2. The van der Waals surface area contributed by atoms with Crippen LogP contribution in [0.3, 0.4) is 0 Å². The Kier molecular flexibility index (Phi) is 5.49. The number of rotatable bonds is 4. The van der Waals surface area contributed by atoms with Crippen LogP contribution in [0.4, 0.5) is 0 Å². The zero-order valence-corrected chi connectivity index (χ0v) is 17.8. The lowest BCUT2D eigenvalue weighted by Crippen LogP contribution is -2.65. The van der Waals surface area contributed by atoms with Crippen molar-refractivity contribution in [1.82, 2.24) is 19.4 Å². The normalized spacial score (nSPS) is 29.0. The van der Waals surface area contributed by atoms with Crippen LogP contribution >= 0.6 is 0 Å². The van der Waals surface area contributed by atoms with E-state index in [1.54, 1.807) is 6.92 Å². The van der Waals surface area contributed by atoms with Gasteiger partial charge in [0.2, 0.25) is 11.8 Å². The molecule has 3 saturated heterocycles. The summed E-state index contributed by atoms with van der Waals surface area (Å²) in [6.07, 6.45) is 5.82. The quantitative estimate of drug-likeness (QED) is 0.773. The van der Waals surface area contributed by atoms with Gasteiger partial charge in [0.1, 0.15) is 6.54 Å². The molecule has 0 radical (unpaired) electrons. The molecule has 7 heteroatoms. The summed E-state index contributed by atoms with van der Waals surface area (Å²) < 4.78 is 1.47. The molecule has 0 spiro atoms. The molecule has 158 valence electrons. The maximum Gasteiger partial charge on any atom is 0.348 e. The molecule has 1 aromatic rings. The Hall–Kier alpha value is -2.18. The predicted molar refractivity (Wildman–Crippen MR) is 109 cm³/mol. The van der Waals surface area contributed by atoms with Crippen molar-refractivity contribution in [2.45, 2.75) is 77.9 Å². The number of piperidine rings is 3. The van der Waals surface area contributed by atoms with E-state index in [2.05, 4.69) is 16.8 Å². The van der Waals surface area contributed by atoms with E-state index in [0.717, 1.165) is 37.8 Å². The van der Waals surface area contributed by atoms with Gasteiger partial charge in [-0.2, -0.15) is 4.98 Å². The summed E-state index contributed by atoms with van der Waals surface area (Å²) in [5.74, 6) is 0.984. The first-order valence-corrected chi connectivity index (χ1v) is 11.0. The fourth-order valence-corrected chi connectivity index (χ4v) is 5.85. The van der Waals surface area contributed by atoms with Gasteiger partial charge in [-0.15, -0.1) is 0 Å². The van der Waals surface area contributed by atoms with Crippen molar-refractivity contribution in [3.05, 3.63) is 27.9 Å². The van der Waals surface area contributed by atoms with Crippen LogP contribution in [0.5, 0.6) is 0 Å². The highest BCUT2D eigenvalue weighted by Gasteiger charge is 2.49. The minimum atomic E-state index is -0.360. The van der Waals surface area contributed by atoms with E-state index in [-0.39, 0.29) is 30.2 Å². The first-order chi connectivity index (χ1) is 13.9. The summed E-state index contributed by atoms with van der Waals surface area (Å²) in [5, 5.41) is 0. The Morgan fingerprint density at radius 1 is 1.21 bits per heavy atom. The van der Waals surface area contributed by atoms with E-state index >= 15 is 0 Å². The smallest absolute Gasteiger partial charge is 0.340 e. The molecule has 0 aliphatic carbocycles. The van der Waals surface area contributed by atoms with E-state index in [0.29, 0.717) is 42.9 Å². The molecular weight excluding hydrogens is 368 g/mol. The fourth-order valence-electron chi connectivity index (χ4n) is 5.85. The predicted octanol–water partition coefficient (Wildman–Crippen LogP) is 1.89. The lowest BCUT2D eigenvalue weighted by Gasteiger charge is -2.56. The van der Waals surface area contributed by atoms with Crippen LogP contribution in [-0.4, -0.2) is 56.3 Å². The van der Waals surface area contributed by atoms with E-state index in [4.69, 9.17) is 0 Å². The Balaban J connectivity index is 1.55. The molecule has 2 amide bonds. The summed E-state index contributed by atoms with van der Waals surface area (Å²) in [7, 11) is 0. The molecule has 3 fully saturated rings. The Bertz CT molecular complexity index is 864. The molecule has 0 N–H and O–H groups in total. The van der Waals surface area contributed by atoms with Gasteiger partial charge in [0, 0.05) is 43.0 Å². The molecular formula is C22H32N4O3. The van der Waals surface area contributed by atoms with Gasteiger partial charge in [-0.25, -0.2) is 4.79 Å². The van der Waals surface area contributed by atoms with Crippen LogP contribution in [0.15, 0.2) is 10.9 Å². The highest BCUT2D eigenvalue weighted by atomic mass is 16.2. The van der Waals surface area contributed by atoms with Crippen LogP contribution in [-0.2, 0) is 16.1 Å². The van der Waals surface area contributed by atoms with Crippen molar-refractivity contribution in [2.75, 3.05) is 13.1 Å². The first kappa shape index (κ1) is 20.1. The third-order valence-electron chi connectivity index (χ3n) is 7.07. The summed E-state index contributed by atoms with van der Waals surface area (Å²) in [6.45, 7) is 7.22. The molecule has 4 heterocycles. The Morgan fingerprint density at radius 3 is 2.69 bits per heavy atom. The largest absolute Gasteiger partial charge is 0.348 e. The number of carbonyl (C=O) groups excluding carboxylic acids is 2. The van der Waals surface area contributed by atoms with Crippen molar-refractivity contribution >= 4 is 11.8 Å². The first-order valence-electron chi connectivity index (χ1n) is 11.0. The maximum atomic E-state index is 13.1. The molecule has 4 atom stereocenters. The molecule has 4 rings (SSSR count). The number of aryl methyl sites for hydroxylation is 2. The van der Waals surface area contributed by atoms with Crippen molar-refractivity contribution < 1.29 is 9.59 Å². The van der Waals surface area contributed by atoms with Crippen LogP contribution in [0, 0.1) is 25.7 Å². The zero-order valence-electron chi connectivity index (χ0n) is 17.8. The van der Waals surface area contributed by atoms with Crippen molar-refractivity contribution in [1.29, 1.82) is 0 Å². The van der Waals surface area contributed by atoms with Gasteiger partial charge in [-0.1, -0.05) is 13.3 Å². The van der Waals surface area contributed by atoms with Gasteiger partial charge in [0.25, 0.3) is 0 Å². The Labute approximate surface area is 172 Å². The average molecular weight is 401 g/mol. The summed E-state index contributed by atoms with van der Waals surface area (Å²) in [5.41, 5.74) is 1.08. The average Bonchev–Trinajstić information content (AvgIpc) is 2.68. The van der Waals surface area contributed by atoms with E-state index in [1.165, 1.54) is 4.57 Å². The number of fused-ring (bicyclic) bond motifs is 4. The molecule has 0 saturated carbocycles. The SMILES string of the molecule is CCC[C@H]1[C@H]2C[C@H](CN(C(=O)Cn3c(C)cc(C)nc3=O)C2)[C@@H]2CCCC(=O)N21. The van der Waals surface area contributed by atoms with E-state index in [1.807, 2.05) is 17.9 Å². The highest BCUT2D eigenvalue weighted by molar-refractivity contribution is 5.78. The maximum absolute atomic E-state index is 13.1. The molecule has 1 aromatic heterocycles. The third-order valence-corrected chi connectivity index (χ3v) is 7.07. The topological polar surface area (TPSA) is 75.5 Å². The van der Waals surface area contributed by atoms with Gasteiger partial charge >= 0.3 is 5.69 Å². The number of hydrogen-bond donors (Lipinski definition) is 0.